The number of furan rings is 1. The van der Waals surface area contributed by atoms with Crippen molar-refractivity contribution in [3.05, 3.63) is 216 Å². The first kappa shape index (κ1) is 35.3. The fraction of sp³-hybridized carbons (Fsp3) is 0.123. The van der Waals surface area contributed by atoms with E-state index in [1.165, 1.54) is 83.3 Å². The summed E-state index contributed by atoms with van der Waals surface area (Å²) in [5, 5.41) is 2.37. The van der Waals surface area contributed by atoms with E-state index in [0.29, 0.717) is 0 Å². The first-order chi connectivity index (χ1) is 29.0. The number of rotatable bonds is 7. The number of hydrogen-bond acceptors (Lipinski definition) is 2. The molecule has 3 aliphatic rings. The molecule has 0 aliphatic heterocycles. The number of benzene rings is 7. The van der Waals surface area contributed by atoms with Crippen LogP contribution in [0.25, 0.3) is 66.5 Å². The van der Waals surface area contributed by atoms with E-state index in [0.717, 1.165) is 48.2 Å². The second kappa shape index (κ2) is 14.2. The van der Waals surface area contributed by atoms with Gasteiger partial charge in [0.15, 0.2) is 0 Å². The van der Waals surface area contributed by atoms with Gasteiger partial charge in [-0.2, -0.15) is 0 Å². The average Bonchev–Trinajstić information content (AvgIpc) is 3.79. The average molecular weight is 760 g/mol. The van der Waals surface area contributed by atoms with Gasteiger partial charge in [0.05, 0.1) is 0 Å². The summed E-state index contributed by atoms with van der Waals surface area (Å²) < 4.78 is 6.26. The molecule has 284 valence electrons. The number of nitrogens with zero attached hydrogens (tertiary/aromatic N) is 1. The highest BCUT2D eigenvalue weighted by atomic mass is 16.3. The maximum absolute atomic E-state index is 6.26. The zero-order valence-corrected chi connectivity index (χ0v) is 33.6. The maximum Gasteiger partial charge on any atom is 0.136 e. The topological polar surface area (TPSA) is 16.4 Å². The van der Waals surface area contributed by atoms with E-state index in [1.54, 1.807) is 0 Å². The second-order valence-electron chi connectivity index (χ2n) is 16.7. The highest BCUT2D eigenvalue weighted by molar-refractivity contribution is 6.10. The molecule has 0 unspecified atom stereocenters. The predicted octanol–water partition coefficient (Wildman–Crippen LogP) is 15.9. The number of fused-ring (bicyclic) bond motifs is 6. The van der Waals surface area contributed by atoms with Gasteiger partial charge in [0, 0.05) is 33.3 Å². The third kappa shape index (κ3) is 6.02. The Balaban J connectivity index is 1.00. The van der Waals surface area contributed by atoms with Crippen LogP contribution in [0.15, 0.2) is 198 Å². The van der Waals surface area contributed by atoms with Crippen molar-refractivity contribution in [1.29, 1.82) is 0 Å². The Labute approximate surface area is 346 Å². The van der Waals surface area contributed by atoms with Gasteiger partial charge in [-0.1, -0.05) is 141 Å². The van der Waals surface area contributed by atoms with Crippen LogP contribution in [-0.4, -0.2) is 0 Å². The first-order valence-corrected chi connectivity index (χ1v) is 21.0. The van der Waals surface area contributed by atoms with Crippen molar-refractivity contribution < 1.29 is 4.42 Å². The fourth-order valence-electron chi connectivity index (χ4n) is 9.85. The summed E-state index contributed by atoms with van der Waals surface area (Å²) in [6.45, 7) is 4.80. The first-order valence-electron chi connectivity index (χ1n) is 21.0. The Morgan fingerprint density at radius 1 is 0.525 bits per heavy atom. The van der Waals surface area contributed by atoms with E-state index in [4.69, 9.17) is 4.42 Å². The predicted molar refractivity (Wildman–Crippen MR) is 249 cm³/mol. The molecule has 0 saturated heterocycles. The molecule has 7 aromatic carbocycles. The standard InChI is InChI=1S/C57H45NO/c1-57(2)51-33-30-42(35-50(51)55-49(39-18-8-4-9-19-39)36-43(37-52(55)57)38-16-6-3-7-17-38)41-20-14-23-46(34-41)58(44-21-10-5-11-22-44)45-31-28-40(29-32-45)47-25-15-27-54-56(47)48-24-12-13-26-53(48)59-54/h4-6,8-28,30-31,33-37H,3,7,29,32H2,1-2H3. The van der Waals surface area contributed by atoms with Gasteiger partial charge in [0.2, 0.25) is 0 Å². The second-order valence-corrected chi connectivity index (χ2v) is 16.7. The lowest BCUT2D eigenvalue weighted by Gasteiger charge is -2.30. The van der Waals surface area contributed by atoms with Crippen molar-refractivity contribution in [3.8, 4) is 33.4 Å². The van der Waals surface area contributed by atoms with Crippen molar-refractivity contribution in [2.45, 2.75) is 44.9 Å². The minimum Gasteiger partial charge on any atom is -0.456 e. The smallest absolute Gasteiger partial charge is 0.136 e. The Kier molecular flexibility index (Phi) is 8.48. The molecule has 0 spiro atoms. The molecule has 0 bridgehead atoms. The van der Waals surface area contributed by atoms with Gasteiger partial charge < -0.3 is 9.32 Å². The number of anilines is 2. The summed E-state index contributed by atoms with van der Waals surface area (Å²) in [5.74, 6) is 0. The third-order valence-electron chi connectivity index (χ3n) is 12.8. The molecule has 59 heavy (non-hydrogen) atoms. The minimum absolute atomic E-state index is 0.135. The van der Waals surface area contributed by atoms with Crippen LogP contribution in [0.4, 0.5) is 11.4 Å². The van der Waals surface area contributed by atoms with E-state index in [1.807, 2.05) is 6.07 Å². The Morgan fingerprint density at radius 2 is 1.25 bits per heavy atom. The summed E-state index contributed by atoms with van der Waals surface area (Å²) in [7, 11) is 0. The molecule has 1 heterocycles. The van der Waals surface area contributed by atoms with E-state index < -0.39 is 0 Å². The van der Waals surface area contributed by atoms with Crippen LogP contribution in [0, 0.1) is 0 Å². The zero-order chi connectivity index (χ0) is 39.5. The molecular weight excluding hydrogens is 715 g/mol. The van der Waals surface area contributed by atoms with Gasteiger partial charge in [-0.15, -0.1) is 0 Å². The van der Waals surface area contributed by atoms with Crippen molar-refractivity contribution in [2.24, 2.45) is 0 Å². The largest absolute Gasteiger partial charge is 0.456 e. The van der Waals surface area contributed by atoms with Gasteiger partial charge in [-0.25, -0.2) is 0 Å². The molecule has 11 rings (SSSR count). The highest BCUT2D eigenvalue weighted by Crippen LogP contribution is 2.54. The quantitative estimate of drug-likeness (QED) is 0.161. The van der Waals surface area contributed by atoms with Crippen LogP contribution in [0.1, 0.15) is 61.8 Å². The van der Waals surface area contributed by atoms with Gasteiger partial charge in [0.25, 0.3) is 0 Å². The Bertz CT molecular complexity index is 3060. The minimum atomic E-state index is -0.135. The van der Waals surface area contributed by atoms with Crippen molar-refractivity contribution >= 4 is 44.5 Å². The summed E-state index contributed by atoms with van der Waals surface area (Å²) in [6, 6.07) is 57.8. The summed E-state index contributed by atoms with van der Waals surface area (Å²) in [6.07, 6.45) is 15.7. The van der Waals surface area contributed by atoms with E-state index in [2.05, 4.69) is 201 Å². The number of para-hydroxylation sites is 2. The normalized spacial score (nSPS) is 15.4. The van der Waals surface area contributed by atoms with Crippen LogP contribution in [0.5, 0.6) is 0 Å². The third-order valence-corrected chi connectivity index (χ3v) is 12.8. The SMILES string of the molecule is CC1(C)c2ccc(-c3cccc(N(C4=CC=C(c5cccc6oc7ccccc7c56)CC4)c4ccccc4)c3)cc2-c2c(-c3ccccc3)cc(C3=CCCC=C3)cc21. The van der Waals surface area contributed by atoms with E-state index in [-0.39, 0.29) is 5.41 Å². The summed E-state index contributed by atoms with van der Waals surface area (Å²) in [5.41, 5.74) is 21.0. The monoisotopic (exact) mass is 759 g/mol. The molecule has 0 amide bonds. The molecule has 2 nitrogen and oxygen atoms in total. The summed E-state index contributed by atoms with van der Waals surface area (Å²) in [4.78, 5) is 2.44. The van der Waals surface area contributed by atoms with Crippen LogP contribution in [0.3, 0.4) is 0 Å². The van der Waals surface area contributed by atoms with Gasteiger partial charge >= 0.3 is 0 Å². The molecule has 0 saturated carbocycles. The van der Waals surface area contributed by atoms with Crippen LogP contribution in [0.2, 0.25) is 0 Å². The summed E-state index contributed by atoms with van der Waals surface area (Å²) >= 11 is 0. The lowest BCUT2D eigenvalue weighted by molar-refractivity contribution is 0.660. The molecule has 0 radical (unpaired) electrons. The van der Waals surface area contributed by atoms with Gasteiger partial charge in [0.1, 0.15) is 11.2 Å². The van der Waals surface area contributed by atoms with Crippen LogP contribution in [-0.2, 0) is 5.41 Å². The lowest BCUT2D eigenvalue weighted by atomic mass is 9.80. The van der Waals surface area contributed by atoms with Crippen molar-refractivity contribution in [2.75, 3.05) is 4.90 Å². The fourth-order valence-corrected chi connectivity index (χ4v) is 9.85. The van der Waals surface area contributed by atoms with E-state index >= 15 is 0 Å². The Morgan fingerprint density at radius 3 is 2.07 bits per heavy atom. The molecule has 1 aromatic heterocycles. The molecular formula is C57H45NO. The molecule has 3 aliphatic carbocycles. The molecule has 0 N–H and O–H groups in total. The van der Waals surface area contributed by atoms with Crippen LogP contribution < -0.4 is 4.90 Å². The lowest BCUT2D eigenvalue weighted by Crippen LogP contribution is -2.18. The van der Waals surface area contributed by atoms with Gasteiger partial charge in [-0.05, 0) is 153 Å². The van der Waals surface area contributed by atoms with Crippen LogP contribution >= 0.6 is 0 Å². The number of allylic oxidation sites excluding steroid dienone is 8. The van der Waals surface area contributed by atoms with Crippen molar-refractivity contribution in [3.63, 3.8) is 0 Å². The maximum atomic E-state index is 6.26. The highest BCUT2D eigenvalue weighted by Gasteiger charge is 2.38. The Hall–Kier alpha value is -6.90. The van der Waals surface area contributed by atoms with Gasteiger partial charge in [-0.3, -0.25) is 0 Å². The van der Waals surface area contributed by atoms with E-state index in [9.17, 15) is 0 Å². The number of hydrogen-bond donors (Lipinski definition) is 0. The molecule has 8 aromatic rings. The van der Waals surface area contributed by atoms with Crippen molar-refractivity contribution in [1.82, 2.24) is 0 Å². The molecule has 2 heteroatoms. The molecule has 0 fully saturated rings. The zero-order valence-electron chi connectivity index (χ0n) is 33.6. The molecule has 0 atom stereocenters.